The summed E-state index contributed by atoms with van der Waals surface area (Å²) in [6, 6.07) is 0. The van der Waals surface area contributed by atoms with Gasteiger partial charge in [-0.05, 0) is 69.9 Å². The Morgan fingerprint density at radius 3 is 2.58 bits per heavy atom. The molecule has 5 nitrogen and oxygen atoms in total. The minimum absolute atomic E-state index is 0.0285. The molecule has 1 spiro atoms. The number of rotatable bonds is 5. The van der Waals surface area contributed by atoms with E-state index in [0.29, 0.717) is 17.2 Å². The van der Waals surface area contributed by atoms with Crippen LogP contribution in [0.2, 0.25) is 0 Å². The Hall–Kier alpha value is -0.650. The van der Waals surface area contributed by atoms with Crippen molar-refractivity contribution in [3.63, 3.8) is 0 Å². The van der Waals surface area contributed by atoms with Gasteiger partial charge in [-0.3, -0.25) is 4.79 Å². The molecule has 0 aromatic carbocycles. The average molecular weight is 336 g/mol. The van der Waals surface area contributed by atoms with E-state index in [9.17, 15) is 4.79 Å². The number of carbonyl (C=O) groups excluding carboxylic acids is 1. The van der Waals surface area contributed by atoms with Crippen molar-refractivity contribution in [2.75, 3.05) is 45.9 Å². The molecule has 0 radical (unpaired) electrons. The van der Waals surface area contributed by atoms with Gasteiger partial charge in [0.2, 0.25) is 5.91 Å². The zero-order valence-electron chi connectivity index (χ0n) is 14.9. The first kappa shape index (κ1) is 16.8. The summed E-state index contributed by atoms with van der Waals surface area (Å²) < 4.78 is 11.5. The van der Waals surface area contributed by atoms with Crippen molar-refractivity contribution >= 4 is 5.91 Å². The molecule has 0 N–H and O–H groups in total. The number of nitrogens with zero attached hydrogens (tertiary/aromatic N) is 2. The highest BCUT2D eigenvalue weighted by Crippen LogP contribution is 2.60. The summed E-state index contributed by atoms with van der Waals surface area (Å²) in [4.78, 5) is 17.2. The number of hydrogen-bond acceptors (Lipinski definition) is 4. The highest BCUT2D eigenvalue weighted by molar-refractivity contribution is 5.83. The first-order valence-electron chi connectivity index (χ1n) is 10.0. The van der Waals surface area contributed by atoms with Gasteiger partial charge in [-0.15, -0.1) is 0 Å². The molecule has 3 heterocycles. The van der Waals surface area contributed by atoms with E-state index in [1.165, 1.54) is 38.5 Å². The van der Waals surface area contributed by atoms with Gasteiger partial charge in [-0.1, -0.05) is 0 Å². The zero-order valence-corrected chi connectivity index (χ0v) is 14.9. The second kappa shape index (κ2) is 7.30. The van der Waals surface area contributed by atoms with Crippen molar-refractivity contribution in [2.45, 2.75) is 57.7 Å². The molecule has 0 aromatic rings. The van der Waals surface area contributed by atoms with Crippen LogP contribution in [0.1, 0.15) is 51.4 Å². The van der Waals surface area contributed by atoms with Crippen LogP contribution in [0.4, 0.5) is 0 Å². The average Bonchev–Trinajstić information content (AvgIpc) is 3.06. The van der Waals surface area contributed by atoms with Crippen molar-refractivity contribution in [3.8, 4) is 0 Å². The molecule has 4 rings (SSSR count). The minimum atomic E-state index is 0.0285. The molecule has 1 saturated carbocycles. The molecule has 3 saturated heterocycles. The molecule has 1 aliphatic carbocycles. The smallest absolute Gasteiger partial charge is 0.226 e. The monoisotopic (exact) mass is 336 g/mol. The fourth-order valence-electron chi connectivity index (χ4n) is 4.79. The summed E-state index contributed by atoms with van der Waals surface area (Å²) in [6.45, 7) is 6.87. The summed E-state index contributed by atoms with van der Waals surface area (Å²) in [5.41, 5.74) is 0.351. The van der Waals surface area contributed by atoms with E-state index in [2.05, 4.69) is 9.80 Å². The van der Waals surface area contributed by atoms with Gasteiger partial charge in [0.05, 0.1) is 6.61 Å². The van der Waals surface area contributed by atoms with Crippen LogP contribution in [-0.2, 0) is 14.3 Å². The second-order valence-corrected chi connectivity index (χ2v) is 8.16. The molecule has 4 aliphatic rings. The van der Waals surface area contributed by atoms with Gasteiger partial charge in [0.1, 0.15) is 0 Å². The van der Waals surface area contributed by atoms with Gasteiger partial charge in [-0.25, -0.2) is 0 Å². The van der Waals surface area contributed by atoms with Crippen LogP contribution < -0.4 is 0 Å². The lowest BCUT2D eigenvalue weighted by molar-refractivity contribution is -0.164. The standard InChI is InChI=1S/C19H32N2O3/c22-18(21-8-2-3-9-21)16-15-19(16)6-10-20(11-7-19)12-14-24-17-5-1-4-13-23-17/h16-17H,1-15H2. The number of piperidine rings is 1. The lowest BCUT2D eigenvalue weighted by atomic mass is 9.90. The number of carbonyl (C=O) groups is 1. The molecule has 2 atom stereocenters. The Labute approximate surface area is 145 Å². The normalized spacial score (nSPS) is 33.1. The lowest BCUT2D eigenvalue weighted by Crippen LogP contribution is -2.39. The highest BCUT2D eigenvalue weighted by atomic mass is 16.7. The van der Waals surface area contributed by atoms with Crippen LogP contribution in [0.25, 0.3) is 0 Å². The van der Waals surface area contributed by atoms with Crippen LogP contribution in [0.15, 0.2) is 0 Å². The fourth-order valence-corrected chi connectivity index (χ4v) is 4.79. The molecule has 4 fully saturated rings. The lowest BCUT2D eigenvalue weighted by Gasteiger charge is -2.33. The van der Waals surface area contributed by atoms with Gasteiger partial charge in [0, 0.05) is 32.2 Å². The molecular formula is C19H32N2O3. The number of ether oxygens (including phenoxy) is 2. The van der Waals surface area contributed by atoms with E-state index in [-0.39, 0.29) is 6.29 Å². The summed E-state index contributed by atoms with van der Waals surface area (Å²) >= 11 is 0. The van der Waals surface area contributed by atoms with Crippen molar-refractivity contribution in [1.82, 2.24) is 9.80 Å². The summed E-state index contributed by atoms with van der Waals surface area (Å²) in [7, 11) is 0. The van der Waals surface area contributed by atoms with Crippen LogP contribution in [0.5, 0.6) is 0 Å². The highest BCUT2D eigenvalue weighted by Gasteiger charge is 2.59. The summed E-state index contributed by atoms with van der Waals surface area (Å²) in [5, 5.41) is 0. The Balaban J connectivity index is 1.15. The predicted molar refractivity (Wildman–Crippen MR) is 91.6 cm³/mol. The van der Waals surface area contributed by atoms with E-state index in [1.807, 2.05) is 0 Å². The molecule has 136 valence electrons. The van der Waals surface area contributed by atoms with E-state index >= 15 is 0 Å². The molecular weight excluding hydrogens is 304 g/mol. The largest absolute Gasteiger partial charge is 0.353 e. The van der Waals surface area contributed by atoms with Crippen LogP contribution in [0.3, 0.4) is 0 Å². The van der Waals surface area contributed by atoms with Gasteiger partial charge >= 0.3 is 0 Å². The minimum Gasteiger partial charge on any atom is -0.353 e. The van der Waals surface area contributed by atoms with Gasteiger partial charge in [-0.2, -0.15) is 0 Å². The quantitative estimate of drug-likeness (QED) is 0.772. The molecule has 0 aromatic heterocycles. The molecule has 24 heavy (non-hydrogen) atoms. The fraction of sp³-hybridized carbons (Fsp3) is 0.947. The molecule has 0 bridgehead atoms. The Morgan fingerprint density at radius 2 is 1.88 bits per heavy atom. The molecule has 3 aliphatic heterocycles. The molecule has 1 amide bonds. The Bertz CT molecular complexity index is 436. The number of likely N-dealkylation sites (tertiary alicyclic amines) is 2. The van der Waals surface area contributed by atoms with E-state index in [0.717, 1.165) is 58.8 Å². The van der Waals surface area contributed by atoms with Crippen LogP contribution in [0, 0.1) is 11.3 Å². The van der Waals surface area contributed by atoms with Crippen LogP contribution in [-0.4, -0.2) is 67.9 Å². The van der Waals surface area contributed by atoms with Gasteiger partial charge < -0.3 is 19.3 Å². The third-order valence-electron chi connectivity index (χ3n) is 6.61. The summed E-state index contributed by atoms with van der Waals surface area (Å²) in [6.07, 6.45) is 9.39. The van der Waals surface area contributed by atoms with Gasteiger partial charge in [0.15, 0.2) is 6.29 Å². The van der Waals surface area contributed by atoms with Crippen molar-refractivity contribution in [2.24, 2.45) is 11.3 Å². The first-order chi connectivity index (χ1) is 11.8. The third kappa shape index (κ3) is 3.63. The van der Waals surface area contributed by atoms with Crippen molar-refractivity contribution in [3.05, 3.63) is 0 Å². The van der Waals surface area contributed by atoms with Crippen LogP contribution >= 0.6 is 0 Å². The maximum atomic E-state index is 12.6. The SMILES string of the molecule is O=C(C1CC12CCN(CCOC1CCCCO1)CC2)N1CCCC1. The molecule has 5 heteroatoms. The maximum absolute atomic E-state index is 12.6. The third-order valence-corrected chi connectivity index (χ3v) is 6.61. The van der Waals surface area contributed by atoms with Crippen molar-refractivity contribution in [1.29, 1.82) is 0 Å². The predicted octanol–water partition coefficient (Wildman–Crippen LogP) is 2.25. The van der Waals surface area contributed by atoms with Gasteiger partial charge in [0.25, 0.3) is 0 Å². The number of amides is 1. The maximum Gasteiger partial charge on any atom is 0.226 e. The van der Waals surface area contributed by atoms with E-state index in [1.54, 1.807) is 0 Å². The Morgan fingerprint density at radius 1 is 1.08 bits per heavy atom. The topological polar surface area (TPSA) is 42.0 Å². The first-order valence-corrected chi connectivity index (χ1v) is 10.0. The Kier molecular flexibility index (Phi) is 5.11. The van der Waals surface area contributed by atoms with E-state index < -0.39 is 0 Å². The van der Waals surface area contributed by atoms with E-state index in [4.69, 9.17) is 9.47 Å². The van der Waals surface area contributed by atoms with Crippen molar-refractivity contribution < 1.29 is 14.3 Å². The zero-order chi connectivity index (χ0) is 16.4. The number of hydrogen-bond donors (Lipinski definition) is 0. The summed E-state index contributed by atoms with van der Waals surface area (Å²) in [5.74, 6) is 0.795. The molecule has 2 unspecified atom stereocenters. The second-order valence-electron chi connectivity index (χ2n) is 8.16.